The molecule has 0 aliphatic heterocycles. The predicted octanol–water partition coefficient (Wildman–Crippen LogP) is 4.92. The number of H-pyrrole nitrogens is 1. The van der Waals surface area contributed by atoms with Crippen molar-refractivity contribution in [2.75, 3.05) is 11.1 Å². The van der Waals surface area contributed by atoms with E-state index in [1.807, 2.05) is 25.1 Å². The van der Waals surface area contributed by atoms with E-state index in [4.69, 9.17) is 0 Å². The summed E-state index contributed by atoms with van der Waals surface area (Å²) >= 11 is 1.68. The molecule has 1 heterocycles. The van der Waals surface area contributed by atoms with E-state index >= 15 is 0 Å². The highest BCUT2D eigenvalue weighted by Gasteiger charge is 2.12. The molecule has 0 fully saturated rings. The minimum Gasteiger partial charge on any atom is -0.333 e. The third kappa shape index (κ3) is 4.73. The monoisotopic (exact) mass is 379 g/mol. The van der Waals surface area contributed by atoms with Crippen LogP contribution < -0.4 is 5.32 Å². The van der Waals surface area contributed by atoms with E-state index in [1.54, 1.807) is 24.3 Å². The van der Waals surface area contributed by atoms with E-state index in [9.17, 15) is 13.6 Å². The molecule has 0 aliphatic rings. The quantitative estimate of drug-likeness (QED) is 0.597. The van der Waals surface area contributed by atoms with Gasteiger partial charge >= 0.3 is 0 Å². The number of para-hydroxylation sites is 1. The number of fused-ring (bicyclic) bond motifs is 1. The predicted molar refractivity (Wildman–Crippen MR) is 98.5 cm³/mol. The van der Waals surface area contributed by atoms with Crippen molar-refractivity contribution in [3.8, 4) is 0 Å². The summed E-state index contributed by atoms with van der Waals surface area (Å²) in [6.07, 6.45) is 0. The Morgan fingerprint density at radius 2 is 2.08 bits per heavy atom. The lowest BCUT2D eigenvalue weighted by Gasteiger charge is -2.09. The Morgan fingerprint density at radius 1 is 1.28 bits per heavy atom. The molecule has 4 nitrogen and oxygen atoms in total. The van der Waals surface area contributed by atoms with Crippen LogP contribution in [0.25, 0.3) is 11.0 Å². The summed E-state index contributed by atoms with van der Waals surface area (Å²) in [5.41, 5.74) is 3.27. The highest BCUT2D eigenvalue weighted by Crippen LogP contribution is 2.31. The maximum absolute atomic E-state index is 12.6. The zero-order chi connectivity index (χ0) is 17.8. The number of nitrogens with zero attached hydrogens (tertiary/aromatic N) is 1. The fourth-order valence-electron chi connectivity index (χ4n) is 2.26. The van der Waals surface area contributed by atoms with Gasteiger partial charge in [-0.1, -0.05) is 41.7 Å². The number of anilines is 1. The minimum absolute atomic E-state index is 0.131. The van der Waals surface area contributed by atoms with E-state index in [-0.39, 0.29) is 11.7 Å². The molecule has 3 aromatic rings. The van der Waals surface area contributed by atoms with E-state index in [0.29, 0.717) is 27.5 Å². The van der Waals surface area contributed by atoms with E-state index < -0.39 is 5.76 Å². The number of aromatic nitrogens is 2. The number of alkyl halides is 2. The number of imidazole rings is 1. The number of halogens is 2. The molecule has 8 heteroatoms. The number of aryl methyl sites for hydroxylation is 1. The van der Waals surface area contributed by atoms with Crippen molar-refractivity contribution in [1.82, 2.24) is 9.97 Å². The van der Waals surface area contributed by atoms with Gasteiger partial charge in [-0.2, -0.15) is 8.78 Å². The SMILES string of the molecule is Cc1ccc2nc(SCC(=O)Nc3ccccc3SC(F)F)[nH]c2c1. The molecule has 2 N–H and O–H groups in total. The second kappa shape index (κ2) is 7.88. The van der Waals surface area contributed by atoms with Crippen LogP contribution in [-0.4, -0.2) is 27.4 Å². The summed E-state index contributed by atoms with van der Waals surface area (Å²) in [6.45, 7) is 2.00. The maximum atomic E-state index is 12.6. The topological polar surface area (TPSA) is 57.8 Å². The van der Waals surface area contributed by atoms with Gasteiger partial charge in [-0.05, 0) is 36.8 Å². The molecule has 0 aliphatic carbocycles. The van der Waals surface area contributed by atoms with Crippen molar-refractivity contribution in [1.29, 1.82) is 0 Å². The van der Waals surface area contributed by atoms with Crippen LogP contribution in [0.3, 0.4) is 0 Å². The molecule has 25 heavy (non-hydrogen) atoms. The van der Waals surface area contributed by atoms with Gasteiger partial charge in [0.2, 0.25) is 5.91 Å². The van der Waals surface area contributed by atoms with Crippen molar-refractivity contribution in [3.05, 3.63) is 48.0 Å². The molecule has 2 aromatic carbocycles. The van der Waals surface area contributed by atoms with E-state index in [1.165, 1.54) is 11.8 Å². The number of carbonyl (C=O) groups excluding carboxylic acids is 1. The zero-order valence-corrected chi connectivity index (χ0v) is 14.9. The molecule has 1 amide bonds. The molecule has 1 aromatic heterocycles. The van der Waals surface area contributed by atoms with Crippen LogP contribution >= 0.6 is 23.5 Å². The number of amides is 1. The van der Waals surface area contributed by atoms with Crippen molar-refractivity contribution >= 4 is 46.2 Å². The van der Waals surface area contributed by atoms with Crippen molar-refractivity contribution in [2.45, 2.75) is 22.7 Å². The smallest absolute Gasteiger partial charge is 0.288 e. The summed E-state index contributed by atoms with van der Waals surface area (Å²) in [7, 11) is 0. The first-order valence-corrected chi connectivity index (χ1v) is 9.30. The van der Waals surface area contributed by atoms with Crippen molar-refractivity contribution in [3.63, 3.8) is 0 Å². The minimum atomic E-state index is -2.54. The van der Waals surface area contributed by atoms with Gasteiger partial charge in [0.1, 0.15) is 0 Å². The molecule has 0 radical (unpaired) electrons. The highest BCUT2D eigenvalue weighted by molar-refractivity contribution is 8.00. The molecular weight excluding hydrogens is 364 g/mol. The molecule has 0 unspecified atom stereocenters. The van der Waals surface area contributed by atoms with Gasteiger partial charge in [0, 0.05) is 4.90 Å². The fourth-order valence-corrected chi connectivity index (χ4v) is 3.54. The van der Waals surface area contributed by atoms with Gasteiger partial charge in [0.25, 0.3) is 5.76 Å². The number of benzene rings is 2. The summed E-state index contributed by atoms with van der Waals surface area (Å²) in [6, 6.07) is 12.4. The van der Waals surface area contributed by atoms with Gasteiger partial charge < -0.3 is 10.3 Å². The van der Waals surface area contributed by atoms with Crippen LogP contribution in [0.5, 0.6) is 0 Å². The molecule has 0 saturated carbocycles. The Kier molecular flexibility index (Phi) is 5.60. The van der Waals surface area contributed by atoms with E-state index in [0.717, 1.165) is 16.6 Å². The number of rotatable bonds is 6. The summed E-state index contributed by atoms with van der Waals surface area (Å²) in [4.78, 5) is 20.0. The molecule has 130 valence electrons. The number of hydrogen-bond donors (Lipinski definition) is 2. The van der Waals surface area contributed by atoms with Crippen LogP contribution in [0.1, 0.15) is 5.56 Å². The summed E-state index contributed by atoms with van der Waals surface area (Å²) in [5.74, 6) is -2.68. The van der Waals surface area contributed by atoms with Gasteiger partial charge in [-0.15, -0.1) is 0 Å². The normalized spacial score (nSPS) is 11.2. The standard InChI is InChI=1S/C17H15F2N3OS2/c1-10-6-7-11-13(8-10)22-17(21-11)24-9-15(23)20-12-4-2-3-5-14(12)25-16(18)19/h2-8,16H,9H2,1H3,(H,20,23)(H,21,22). The number of carbonyl (C=O) groups is 1. The van der Waals surface area contributed by atoms with Crippen molar-refractivity contribution in [2.24, 2.45) is 0 Å². The lowest BCUT2D eigenvalue weighted by molar-refractivity contribution is -0.113. The third-order valence-corrected chi connectivity index (χ3v) is 4.99. The Bertz CT molecular complexity index is 898. The first-order chi connectivity index (χ1) is 12.0. The molecule has 0 atom stereocenters. The van der Waals surface area contributed by atoms with Gasteiger partial charge in [-0.25, -0.2) is 4.98 Å². The van der Waals surface area contributed by atoms with Gasteiger partial charge in [0.05, 0.1) is 22.5 Å². The second-order valence-electron chi connectivity index (χ2n) is 5.27. The first-order valence-electron chi connectivity index (χ1n) is 7.44. The van der Waals surface area contributed by atoms with Crippen molar-refractivity contribution < 1.29 is 13.6 Å². The average molecular weight is 379 g/mol. The second-order valence-corrected chi connectivity index (χ2v) is 7.27. The van der Waals surface area contributed by atoms with Crippen LogP contribution in [-0.2, 0) is 4.79 Å². The number of aromatic amines is 1. The van der Waals surface area contributed by atoms with Gasteiger partial charge in [-0.3, -0.25) is 4.79 Å². The van der Waals surface area contributed by atoms with Crippen LogP contribution in [0.2, 0.25) is 0 Å². The average Bonchev–Trinajstić information content (AvgIpc) is 2.96. The number of thioether (sulfide) groups is 2. The number of nitrogens with one attached hydrogen (secondary N) is 2. The third-order valence-electron chi connectivity index (χ3n) is 3.33. The van der Waals surface area contributed by atoms with Gasteiger partial charge in [0.15, 0.2) is 5.16 Å². The van der Waals surface area contributed by atoms with E-state index in [2.05, 4.69) is 15.3 Å². The summed E-state index contributed by atoms with van der Waals surface area (Å²) in [5, 5.41) is 3.32. The van der Waals surface area contributed by atoms with Crippen LogP contribution in [0, 0.1) is 6.92 Å². The lowest BCUT2D eigenvalue weighted by Crippen LogP contribution is -2.14. The summed E-state index contributed by atoms with van der Waals surface area (Å²) < 4.78 is 25.1. The molecule has 0 spiro atoms. The molecular formula is C17H15F2N3OS2. The van der Waals surface area contributed by atoms with Crippen LogP contribution in [0.4, 0.5) is 14.5 Å². The fraction of sp³-hybridized carbons (Fsp3) is 0.176. The lowest BCUT2D eigenvalue weighted by atomic mass is 10.2. The molecule has 3 rings (SSSR count). The van der Waals surface area contributed by atoms with Crippen LogP contribution in [0.15, 0.2) is 52.5 Å². The number of hydrogen-bond acceptors (Lipinski definition) is 4. The Balaban J connectivity index is 1.62. The first kappa shape index (κ1) is 17.8. The highest BCUT2D eigenvalue weighted by atomic mass is 32.2. The largest absolute Gasteiger partial charge is 0.333 e. The Hall–Kier alpha value is -2.06. The zero-order valence-electron chi connectivity index (χ0n) is 13.3. The Labute approximate surface area is 151 Å². The maximum Gasteiger partial charge on any atom is 0.288 e. The molecule has 0 bridgehead atoms. The molecule has 0 saturated heterocycles. The Morgan fingerprint density at radius 3 is 2.88 bits per heavy atom.